The number of carboxylic acid groups (broad SMARTS) is 1. The number of benzene rings is 2. The van der Waals surface area contributed by atoms with Crippen molar-refractivity contribution in [2.75, 3.05) is 18.0 Å². The van der Waals surface area contributed by atoms with Crippen LogP contribution in [0.1, 0.15) is 22.3 Å². The van der Waals surface area contributed by atoms with Crippen LogP contribution in [-0.4, -0.2) is 41.3 Å². The highest BCUT2D eigenvalue weighted by molar-refractivity contribution is 6.31. The minimum atomic E-state index is -1.28. The van der Waals surface area contributed by atoms with Crippen LogP contribution in [0.3, 0.4) is 0 Å². The number of amides is 2. The number of rotatable bonds is 4. The molecule has 1 aliphatic heterocycles. The third-order valence-electron chi connectivity index (χ3n) is 4.48. The molecule has 1 heterocycles. The number of alkyl halides is 1. The summed E-state index contributed by atoms with van der Waals surface area (Å²) in [6.07, 6.45) is -0.944. The molecule has 1 atom stereocenters. The van der Waals surface area contributed by atoms with Gasteiger partial charge in [-0.15, -0.1) is 0 Å². The first-order valence-electron chi connectivity index (χ1n) is 8.43. The minimum Gasteiger partial charge on any atom is -0.478 e. The summed E-state index contributed by atoms with van der Waals surface area (Å²) in [5, 5.41) is 8.73. The summed E-state index contributed by atoms with van der Waals surface area (Å²) < 4.78 is 41.4. The number of aromatic carboxylic acids is 1. The van der Waals surface area contributed by atoms with E-state index in [1.54, 1.807) is 0 Å². The summed E-state index contributed by atoms with van der Waals surface area (Å²) in [7, 11) is 0. The third-order valence-corrected chi connectivity index (χ3v) is 4.77. The first-order chi connectivity index (χ1) is 13.3. The lowest BCUT2D eigenvalue weighted by Gasteiger charge is -2.28. The van der Waals surface area contributed by atoms with E-state index in [0.29, 0.717) is 0 Å². The normalized spacial score (nSPS) is 16.3. The van der Waals surface area contributed by atoms with Crippen LogP contribution >= 0.6 is 11.6 Å². The molecule has 9 heteroatoms. The molecule has 3 rings (SSSR count). The van der Waals surface area contributed by atoms with Gasteiger partial charge in [-0.1, -0.05) is 17.7 Å². The SMILES string of the molecule is O=C(O)c1ccc(CN(C(=O)N2CCC(F)C2)c2ccc(F)c(Cl)c2)c(F)c1. The van der Waals surface area contributed by atoms with E-state index in [9.17, 15) is 22.8 Å². The third kappa shape index (κ3) is 4.22. The van der Waals surface area contributed by atoms with Gasteiger partial charge in [-0.3, -0.25) is 4.90 Å². The number of likely N-dealkylation sites (tertiary alicyclic amines) is 1. The molecule has 2 aromatic carbocycles. The van der Waals surface area contributed by atoms with Gasteiger partial charge in [0.2, 0.25) is 0 Å². The fourth-order valence-corrected chi connectivity index (χ4v) is 3.14. The molecular weight excluding hydrogens is 397 g/mol. The number of hydrogen-bond acceptors (Lipinski definition) is 2. The molecule has 5 nitrogen and oxygen atoms in total. The lowest BCUT2D eigenvalue weighted by molar-refractivity contribution is 0.0696. The topological polar surface area (TPSA) is 60.9 Å². The smallest absolute Gasteiger partial charge is 0.335 e. The van der Waals surface area contributed by atoms with E-state index in [4.69, 9.17) is 16.7 Å². The number of carbonyl (C=O) groups excluding carboxylic acids is 1. The summed E-state index contributed by atoms with van der Waals surface area (Å²) in [6.45, 7) is -0.156. The lowest BCUT2D eigenvalue weighted by atomic mass is 10.1. The monoisotopic (exact) mass is 412 g/mol. The van der Waals surface area contributed by atoms with E-state index in [1.807, 2.05) is 0 Å². The Labute approximate surface area is 163 Å². The van der Waals surface area contributed by atoms with Crippen LogP contribution in [0.4, 0.5) is 23.7 Å². The maximum Gasteiger partial charge on any atom is 0.335 e. The molecule has 2 aromatic rings. The standard InChI is InChI=1S/C19H16ClF3N2O3/c20-15-8-14(3-4-16(15)22)25(19(28)24-6-5-13(21)10-24)9-12-2-1-11(18(26)27)7-17(12)23/h1-4,7-8,13H,5-6,9-10H2,(H,26,27). The molecule has 2 amide bonds. The van der Waals surface area contributed by atoms with Crippen LogP contribution < -0.4 is 4.90 Å². The van der Waals surface area contributed by atoms with Crippen LogP contribution in [0.25, 0.3) is 0 Å². The minimum absolute atomic E-state index is 0.0507. The fourth-order valence-electron chi connectivity index (χ4n) is 2.96. The van der Waals surface area contributed by atoms with E-state index < -0.39 is 29.8 Å². The predicted octanol–water partition coefficient (Wildman–Crippen LogP) is 4.49. The number of urea groups is 1. The Morgan fingerprint density at radius 1 is 1.18 bits per heavy atom. The number of carbonyl (C=O) groups is 2. The van der Waals surface area contributed by atoms with Crippen molar-refractivity contribution in [3.05, 3.63) is 64.2 Å². The fraction of sp³-hybridized carbons (Fsp3) is 0.263. The van der Waals surface area contributed by atoms with Gasteiger partial charge in [-0.05, 0) is 36.8 Å². The van der Waals surface area contributed by atoms with Gasteiger partial charge in [-0.25, -0.2) is 22.8 Å². The van der Waals surface area contributed by atoms with Crippen LogP contribution in [0.5, 0.6) is 0 Å². The molecule has 1 fully saturated rings. The highest BCUT2D eigenvalue weighted by Crippen LogP contribution is 2.27. The predicted molar refractivity (Wildman–Crippen MR) is 97.4 cm³/mol. The van der Waals surface area contributed by atoms with Crippen molar-refractivity contribution in [1.29, 1.82) is 0 Å². The summed E-state index contributed by atoms with van der Waals surface area (Å²) in [5.41, 5.74) is 0.0268. The average Bonchev–Trinajstić information content (AvgIpc) is 3.09. The largest absolute Gasteiger partial charge is 0.478 e. The summed E-state index contributed by atoms with van der Waals surface area (Å²) in [4.78, 5) is 26.3. The first kappa shape index (κ1) is 20.0. The second-order valence-electron chi connectivity index (χ2n) is 6.41. The molecule has 28 heavy (non-hydrogen) atoms. The molecule has 0 spiro atoms. The summed E-state index contributed by atoms with van der Waals surface area (Å²) in [5.74, 6) is -2.77. The summed E-state index contributed by atoms with van der Waals surface area (Å²) in [6, 6.07) is 6.35. The van der Waals surface area contributed by atoms with Crippen molar-refractivity contribution in [3.63, 3.8) is 0 Å². The zero-order valence-corrected chi connectivity index (χ0v) is 15.3. The van der Waals surface area contributed by atoms with Gasteiger partial charge in [0, 0.05) is 17.8 Å². The number of hydrogen-bond donors (Lipinski definition) is 1. The molecular formula is C19H16ClF3N2O3. The Morgan fingerprint density at radius 3 is 2.50 bits per heavy atom. The Kier molecular flexibility index (Phi) is 5.79. The van der Waals surface area contributed by atoms with Gasteiger partial charge in [0.05, 0.1) is 23.7 Å². The Bertz CT molecular complexity index is 925. The molecule has 0 aliphatic carbocycles. The van der Waals surface area contributed by atoms with Crippen molar-refractivity contribution in [2.24, 2.45) is 0 Å². The molecule has 1 N–H and O–H groups in total. The quantitative estimate of drug-likeness (QED) is 0.805. The van der Waals surface area contributed by atoms with E-state index >= 15 is 0 Å². The van der Waals surface area contributed by atoms with Gasteiger partial charge in [0.1, 0.15) is 17.8 Å². The number of halogens is 4. The van der Waals surface area contributed by atoms with Crippen molar-refractivity contribution in [3.8, 4) is 0 Å². The molecule has 1 aliphatic rings. The Hall–Kier alpha value is -2.74. The molecule has 0 saturated carbocycles. The molecule has 1 unspecified atom stereocenters. The Morgan fingerprint density at radius 2 is 1.93 bits per heavy atom. The number of anilines is 1. The maximum absolute atomic E-state index is 14.4. The number of carboxylic acids is 1. The van der Waals surface area contributed by atoms with Gasteiger partial charge < -0.3 is 10.0 Å². The van der Waals surface area contributed by atoms with Gasteiger partial charge >= 0.3 is 12.0 Å². The van der Waals surface area contributed by atoms with Crippen molar-refractivity contribution < 1.29 is 27.9 Å². The molecule has 0 bridgehead atoms. The zero-order valence-electron chi connectivity index (χ0n) is 14.5. The number of nitrogens with zero attached hydrogens (tertiary/aromatic N) is 2. The van der Waals surface area contributed by atoms with Crippen LogP contribution in [0.2, 0.25) is 5.02 Å². The van der Waals surface area contributed by atoms with E-state index in [0.717, 1.165) is 17.0 Å². The van der Waals surface area contributed by atoms with Gasteiger partial charge in [0.15, 0.2) is 0 Å². The average molecular weight is 413 g/mol. The second kappa shape index (κ2) is 8.10. The van der Waals surface area contributed by atoms with Crippen LogP contribution in [0, 0.1) is 11.6 Å². The van der Waals surface area contributed by atoms with Crippen molar-refractivity contribution >= 4 is 29.3 Å². The Balaban J connectivity index is 1.95. The molecule has 1 saturated heterocycles. The highest BCUT2D eigenvalue weighted by atomic mass is 35.5. The van der Waals surface area contributed by atoms with Gasteiger partial charge in [-0.2, -0.15) is 0 Å². The molecule has 0 radical (unpaired) electrons. The molecule has 148 valence electrons. The second-order valence-corrected chi connectivity index (χ2v) is 6.82. The highest BCUT2D eigenvalue weighted by Gasteiger charge is 2.30. The van der Waals surface area contributed by atoms with E-state index in [1.165, 1.54) is 29.2 Å². The van der Waals surface area contributed by atoms with Crippen LogP contribution in [0.15, 0.2) is 36.4 Å². The van der Waals surface area contributed by atoms with E-state index in [2.05, 4.69) is 0 Å². The van der Waals surface area contributed by atoms with E-state index in [-0.39, 0.29) is 47.9 Å². The van der Waals surface area contributed by atoms with Crippen molar-refractivity contribution in [2.45, 2.75) is 19.1 Å². The lowest BCUT2D eigenvalue weighted by Crippen LogP contribution is -2.42. The van der Waals surface area contributed by atoms with Gasteiger partial charge in [0.25, 0.3) is 0 Å². The van der Waals surface area contributed by atoms with Crippen molar-refractivity contribution in [1.82, 2.24) is 4.90 Å². The first-order valence-corrected chi connectivity index (χ1v) is 8.81. The van der Waals surface area contributed by atoms with Crippen LogP contribution in [-0.2, 0) is 6.54 Å². The summed E-state index contributed by atoms with van der Waals surface area (Å²) >= 11 is 5.81. The molecule has 0 aromatic heterocycles. The zero-order chi connectivity index (χ0) is 20.4. The maximum atomic E-state index is 14.4.